The zero-order valence-electron chi connectivity index (χ0n) is 13.5. The van der Waals surface area contributed by atoms with Crippen molar-refractivity contribution in [1.82, 2.24) is 4.90 Å². The Morgan fingerprint density at radius 1 is 1.23 bits per heavy atom. The summed E-state index contributed by atoms with van der Waals surface area (Å²) in [4.78, 5) is 25.6. The SMILES string of the molecule is CCOC(=O)CCN(C(=O)Cc1ccc(F)cc1)C(C)CC. The first-order valence-electron chi connectivity index (χ1n) is 7.67. The molecule has 1 aromatic rings. The molecule has 1 rings (SSSR count). The van der Waals surface area contributed by atoms with Crippen molar-refractivity contribution >= 4 is 11.9 Å². The minimum Gasteiger partial charge on any atom is -0.466 e. The lowest BCUT2D eigenvalue weighted by atomic mass is 10.1. The van der Waals surface area contributed by atoms with E-state index in [0.717, 1.165) is 12.0 Å². The summed E-state index contributed by atoms with van der Waals surface area (Å²) in [5.74, 6) is -0.687. The molecule has 0 aliphatic rings. The normalized spacial score (nSPS) is 11.8. The zero-order chi connectivity index (χ0) is 16.5. The van der Waals surface area contributed by atoms with Crippen molar-refractivity contribution in [2.75, 3.05) is 13.2 Å². The minimum absolute atomic E-state index is 0.0439. The lowest BCUT2D eigenvalue weighted by Crippen LogP contribution is -2.40. The summed E-state index contributed by atoms with van der Waals surface area (Å²) in [6, 6.07) is 5.94. The second kappa shape index (κ2) is 9.18. The van der Waals surface area contributed by atoms with Crippen molar-refractivity contribution in [3.05, 3.63) is 35.6 Å². The maximum atomic E-state index is 12.9. The molecule has 0 saturated carbocycles. The van der Waals surface area contributed by atoms with Crippen LogP contribution in [-0.4, -0.2) is 36.0 Å². The van der Waals surface area contributed by atoms with Crippen LogP contribution in [0.3, 0.4) is 0 Å². The average Bonchev–Trinajstić information content (AvgIpc) is 2.49. The first-order chi connectivity index (χ1) is 10.5. The topological polar surface area (TPSA) is 46.6 Å². The fourth-order valence-electron chi connectivity index (χ4n) is 2.13. The van der Waals surface area contributed by atoms with Crippen molar-refractivity contribution in [2.24, 2.45) is 0 Å². The summed E-state index contributed by atoms with van der Waals surface area (Å²) in [5.41, 5.74) is 0.760. The lowest BCUT2D eigenvalue weighted by molar-refractivity contribution is -0.144. The number of halogens is 1. The standard InChI is InChI=1S/C17H24FNO3/c1-4-13(3)19(11-10-17(21)22-5-2)16(20)12-14-6-8-15(18)9-7-14/h6-9,13H,4-5,10-12H2,1-3H3. The molecule has 1 atom stereocenters. The van der Waals surface area contributed by atoms with Crippen molar-refractivity contribution in [1.29, 1.82) is 0 Å². The van der Waals surface area contributed by atoms with Crippen molar-refractivity contribution in [3.63, 3.8) is 0 Å². The highest BCUT2D eigenvalue weighted by Gasteiger charge is 2.20. The number of amides is 1. The van der Waals surface area contributed by atoms with E-state index in [1.165, 1.54) is 12.1 Å². The molecule has 0 heterocycles. The van der Waals surface area contributed by atoms with Gasteiger partial charge in [0.2, 0.25) is 5.91 Å². The molecular weight excluding hydrogens is 285 g/mol. The van der Waals surface area contributed by atoms with E-state index >= 15 is 0 Å². The minimum atomic E-state index is -0.322. The number of hydrogen-bond acceptors (Lipinski definition) is 3. The summed E-state index contributed by atoms with van der Waals surface area (Å²) in [6.45, 7) is 6.38. The Bertz CT molecular complexity index is 487. The third-order valence-electron chi connectivity index (χ3n) is 3.57. The molecule has 0 radical (unpaired) electrons. The summed E-state index contributed by atoms with van der Waals surface area (Å²) in [6.07, 6.45) is 1.19. The number of ether oxygens (including phenoxy) is 1. The Balaban J connectivity index is 2.67. The van der Waals surface area contributed by atoms with Gasteiger partial charge in [-0.1, -0.05) is 19.1 Å². The van der Waals surface area contributed by atoms with Gasteiger partial charge in [0.1, 0.15) is 5.82 Å². The van der Waals surface area contributed by atoms with Crippen LogP contribution in [0.15, 0.2) is 24.3 Å². The van der Waals surface area contributed by atoms with Crippen LogP contribution in [0, 0.1) is 5.82 Å². The van der Waals surface area contributed by atoms with Gasteiger partial charge in [0.05, 0.1) is 19.4 Å². The largest absolute Gasteiger partial charge is 0.466 e. The Hall–Kier alpha value is -1.91. The smallest absolute Gasteiger partial charge is 0.307 e. The van der Waals surface area contributed by atoms with Crippen LogP contribution in [-0.2, 0) is 20.7 Å². The molecule has 22 heavy (non-hydrogen) atoms. The highest BCUT2D eigenvalue weighted by Crippen LogP contribution is 2.11. The molecule has 0 spiro atoms. The van der Waals surface area contributed by atoms with E-state index in [1.54, 1.807) is 24.0 Å². The quantitative estimate of drug-likeness (QED) is 0.694. The van der Waals surface area contributed by atoms with E-state index in [1.807, 2.05) is 13.8 Å². The van der Waals surface area contributed by atoms with Gasteiger partial charge in [-0.25, -0.2) is 4.39 Å². The summed E-state index contributed by atoms with van der Waals surface area (Å²) in [7, 11) is 0. The first-order valence-corrected chi connectivity index (χ1v) is 7.67. The van der Waals surface area contributed by atoms with Gasteiger partial charge in [-0.2, -0.15) is 0 Å². The monoisotopic (exact) mass is 309 g/mol. The molecule has 122 valence electrons. The predicted octanol–water partition coefficient (Wildman–Crippen LogP) is 2.95. The van der Waals surface area contributed by atoms with Gasteiger partial charge in [-0.15, -0.1) is 0 Å². The highest BCUT2D eigenvalue weighted by molar-refractivity contribution is 5.79. The summed E-state index contributed by atoms with van der Waals surface area (Å²) >= 11 is 0. The Labute approximate surface area is 131 Å². The Morgan fingerprint density at radius 2 is 1.86 bits per heavy atom. The summed E-state index contributed by atoms with van der Waals surface area (Å²) < 4.78 is 17.8. The number of carbonyl (C=O) groups excluding carboxylic acids is 2. The molecular formula is C17H24FNO3. The van der Waals surface area contributed by atoms with E-state index < -0.39 is 0 Å². The van der Waals surface area contributed by atoms with Crippen LogP contribution in [0.1, 0.15) is 39.2 Å². The molecule has 0 aliphatic heterocycles. The van der Waals surface area contributed by atoms with Gasteiger partial charge in [0.15, 0.2) is 0 Å². The molecule has 1 unspecified atom stereocenters. The molecule has 0 saturated heterocycles. The van der Waals surface area contributed by atoms with Crippen LogP contribution < -0.4 is 0 Å². The van der Waals surface area contributed by atoms with Crippen LogP contribution in [0.5, 0.6) is 0 Å². The Morgan fingerprint density at radius 3 is 2.41 bits per heavy atom. The maximum Gasteiger partial charge on any atom is 0.307 e. The van der Waals surface area contributed by atoms with Crippen LogP contribution >= 0.6 is 0 Å². The fourth-order valence-corrected chi connectivity index (χ4v) is 2.13. The number of carbonyl (C=O) groups is 2. The molecule has 0 N–H and O–H groups in total. The molecule has 1 aromatic carbocycles. The summed E-state index contributed by atoms with van der Waals surface area (Å²) in [5, 5.41) is 0. The van der Waals surface area contributed by atoms with E-state index in [2.05, 4.69) is 0 Å². The average molecular weight is 309 g/mol. The lowest BCUT2D eigenvalue weighted by Gasteiger charge is -2.28. The number of esters is 1. The van der Waals surface area contributed by atoms with E-state index in [9.17, 15) is 14.0 Å². The molecule has 0 bridgehead atoms. The fraction of sp³-hybridized carbons (Fsp3) is 0.529. The van der Waals surface area contributed by atoms with Gasteiger partial charge in [-0.3, -0.25) is 9.59 Å². The second-order valence-corrected chi connectivity index (χ2v) is 5.20. The Kier molecular flexibility index (Phi) is 7.57. The first kappa shape index (κ1) is 18.1. The van der Waals surface area contributed by atoms with Gasteiger partial charge in [-0.05, 0) is 38.0 Å². The number of hydrogen-bond donors (Lipinski definition) is 0. The van der Waals surface area contributed by atoms with Crippen LogP contribution in [0.25, 0.3) is 0 Å². The number of rotatable bonds is 8. The van der Waals surface area contributed by atoms with Crippen LogP contribution in [0.4, 0.5) is 4.39 Å². The molecule has 1 amide bonds. The molecule has 4 nitrogen and oxygen atoms in total. The van der Waals surface area contributed by atoms with E-state index in [4.69, 9.17) is 4.74 Å². The van der Waals surface area contributed by atoms with E-state index in [0.29, 0.717) is 13.2 Å². The molecule has 0 fully saturated rings. The van der Waals surface area contributed by atoms with Gasteiger partial charge in [0.25, 0.3) is 0 Å². The van der Waals surface area contributed by atoms with Crippen molar-refractivity contribution in [2.45, 2.75) is 46.1 Å². The van der Waals surface area contributed by atoms with Gasteiger partial charge in [0, 0.05) is 12.6 Å². The third-order valence-corrected chi connectivity index (χ3v) is 3.57. The molecule has 5 heteroatoms. The third kappa shape index (κ3) is 5.84. The number of nitrogens with zero attached hydrogens (tertiary/aromatic N) is 1. The van der Waals surface area contributed by atoms with Gasteiger partial charge < -0.3 is 9.64 Å². The zero-order valence-corrected chi connectivity index (χ0v) is 13.5. The highest BCUT2D eigenvalue weighted by atomic mass is 19.1. The maximum absolute atomic E-state index is 12.9. The predicted molar refractivity (Wildman–Crippen MR) is 82.8 cm³/mol. The van der Waals surface area contributed by atoms with Gasteiger partial charge >= 0.3 is 5.97 Å². The van der Waals surface area contributed by atoms with Crippen molar-refractivity contribution < 1.29 is 18.7 Å². The second-order valence-electron chi connectivity index (χ2n) is 5.20. The molecule has 0 aliphatic carbocycles. The van der Waals surface area contributed by atoms with Crippen LogP contribution in [0.2, 0.25) is 0 Å². The van der Waals surface area contributed by atoms with Crippen molar-refractivity contribution in [3.8, 4) is 0 Å². The molecule has 0 aromatic heterocycles. The van der Waals surface area contributed by atoms with E-state index in [-0.39, 0.29) is 36.6 Å². The number of benzene rings is 1.